The highest BCUT2D eigenvalue weighted by atomic mass is 35.5. The van der Waals surface area contributed by atoms with Crippen LogP contribution in [0.1, 0.15) is 31.2 Å². The Morgan fingerprint density at radius 3 is 2.38 bits per heavy atom. The summed E-state index contributed by atoms with van der Waals surface area (Å²) in [6.07, 6.45) is 5.21. The first kappa shape index (κ1) is 16.3. The Morgan fingerprint density at radius 2 is 1.86 bits per heavy atom. The van der Waals surface area contributed by atoms with Crippen molar-refractivity contribution in [2.75, 3.05) is 20.1 Å². The Bertz CT molecular complexity index is 465. The number of rotatable bonds is 4. The number of amides is 1. The van der Waals surface area contributed by atoms with Gasteiger partial charge in [-0.1, -0.05) is 30.3 Å². The van der Waals surface area contributed by atoms with Crippen LogP contribution in [-0.2, 0) is 11.2 Å². The van der Waals surface area contributed by atoms with Gasteiger partial charge in [0.05, 0.1) is 5.41 Å². The minimum atomic E-state index is -0.0756. The van der Waals surface area contributed by atoms with Crippen molar-refractivity contribution in [3.8, 4) is 0 Å². The summed E-state index contributed by atoms with van der Waals surface area (Å²) in [7, 11) is 2.01. The van der Waals surface area contributed by atoms with E-state index in [4.69, 9.17) is 0 Å². The molecule has 0 aromatic heterocycles. The minimum Gasteiger partial charge on any atom is -0.342 e. The Kier molecular flexibility index (Phi) is 5.28. The van der Waals surface area contributed by atoms with Crippen LogP contribution < -0.4 is 5.32 Å². The van der Waals surface area contributed by atoms with Crippen LogP contribution in [0.4, 0.5) is 0 Å². The molecule has 1 aliphatic heterocycles. The topological polar surface area (TPSA) is 32.3 Å². The number of likely N-dealkylation sites (tertiary alicyclic amines) is 1. The molecule has 3 rings (SSSR count). The van der Waals surface area contributed by atoms with Crippen LogP contribution >= 0.6 is 12.4 Å². The van der Waals surface area contributed by atoms with Gasteiger partial charge in [0.15, 0.2) is 0 Å². The maximum atomic E-state index is 12.8. The van der Waals surface area contributed by atoms with E-state index in [1.807, 2.05) is 13.1 Å². The largest absolute Gasteiger partial charge is 0.342 e. The first-order chi connectivity index (χ1) is 9.73. The average Bonchev–Trinajstić information content (AvgIpc) is 3.28. The molecule has 1 aliphatic carbocycles. The predicted molar refractivity (Wildman–Crippen MR) is 87.7 cm³/mol. The fraction of sp³-hybridized carbons (Fsp3) is 0.588. The highest BCUT2D eigenvalue weighted by Gasteiger charge is 2.51. The fourth-order valence-corrected chi connectivity index (χ4v) is 3.31. The highest BCUT2D eigenvalue weighted by molar-refractivity contribution is 5.86. The second-order valence-electron chi connectivity index (χ2n) is 6.30. The number of benzene rings is 1. The zero-order chi connectivity index (χ0) is 14.0. The summed E-state index contributed by atoms with van der Waals surface area (Å²) < 4.78 is 0. The zero-order valence-electron chi connectivity index (χ0n) is 12.7. The van der Waals surface area contributed by atoms with Gasteiger partial charge in [0.25, 0.3) is 0 Å². The number of carbonyl (C=O) groups excluding carboxylic acids is 1. The second-order valence-corrected chi connectivity index (χ2v) is 6.30. The summed E-state index contributed by atoms with van der Waals surface area (Å²) in [5.74, 6) is 0.399. The Morgan fingerprint density at radius 1 is 1.24 bits per heavy atom. The smallest absolute Gasteiger partial charge is 0.229 e. The van der Waals surface area contributed by atoms with Crippen molar-refractivity contribution in [2.45, 2.75) is 38.1 Å². The van der Waals surface area contributed by atoms with Crippen LogP contribution in [0, 0.1) is 5.41 Å². The van der Waals surface area contributed by atoms with Gasteiger partial charge in [-0.05, 0) is 44.7 Å². The van der Waals surface area contributed by atoms with E-state index >= 15 is 0 Å². The summed E-state index contributed by atoms with van der Waals surface area (Å²) in [5.41, 5.74) is 1.22. The van der Waals surface area contributed by atoms with Gasteiger partial charge in [-0.25, -0.2) is 0 Å². The van der Waals surface area contributed by atoms with Gasteiger partial charge in [0.2, 0.25) is 5.91 Å². The van der Waals surface area contributed by atoms with Crippen LogP contribution in [0.3, 0.4) is 0 Å². The number of nitrogens with one attached hydrogen (secondary N) is 1. The summed E-state index contributed by atoms with van der Waals surface area (Å²) in [5, 5.41) is 3.32. The van der Waals surface area contributed by atoms with E-state index in [1.165, 1.54) is 5.56 Å². The number of nitrogens with zero attached hydrogens (tertiary/aromatic N) is 1. The van der Waals surface area contributed by atoms with Gasteiger partial charge in [0.1, 0.15) is 0 Å². The Balaban J connectivity index is 0.00000161. The van der Waals surface area contributed by atoms with E-state index in [9.17, 15) is 4.79 Å². The van der Waals surface area contributed by atoms with Crippen molar-refractivity contribution in [1.29, 1.82) is 0 Å². The maximum Gasteiger partial charge on any atom is 0.229 e. The van der Waals surface area contributed by atoms with Crippen molar-refractivity contribution in [2.24, 2.45) is 5.41 Å². The van der Waals surface area contributed by atoms with Crippen molar-refractivity contribution < 1.29 is 4.79 Å². The van der Waals surface area contributed by atoms with E-state index in [-0.39, 0.29) is 17.8 Å². The number of hydrogen-bond donors (Lipinski definition) is 1. The molecular weight excluding hydrogens is 284 g/mol. The monoisotopic (exact) mass is 308 g/mol. The summed E-state index contributed by atoms with van der Waals surface area (Å²) >= 11 is 0. The number of halogens is 1. The number of piperidine rings is 1. The second kappa shape index (κ2) is 6.80. The third kappa shape index (κ3) is 3.58. The molecule has 116 valence electrons. The quantitative estimate of drug-likeness (QED) is 0.927. The van der Waals surface area contributed by atoms with Crippen LogP contribution in [0.25, 0.3) is 0 Å². The van der Waals surface area contributed by atoms with Crippen molar-refractivity contribution in [1.82, 2.24) is 10.2 Å². The van der Waals surface area contributed by atoms with E-state index in [1.54, 1.807) is 0 Å². The lowest BCUT2D eigenvalue weighted by Crippen LogP contribution is -2.47. The molecule has 1 N–H and O–H groups in total. The van der Waals surface area contributed by atoms with Crippen LogP contribution in [0.2, 0.25) is 0 Å². The van der Waals surface area contributed by atoms with Crippen molar-refractivity contribution >= 4 is 18.3 Å². The fourth-order valence-electron chi connectivity index (χ4n) is 3.31. The molecular formula is C17H25ClN2O. The normalized spacial score (nSPS) is 20.7. The summed E-state index contributed by atoms with van der Waals surface area (Å²) in [6.45, 7) is 1.84. The lowest BCUT2D eigenvalue weighted by Gasteiger charge is -2.34. The van der Waals surface area contributed by atoms with Gasteiger partial charge < -0.3 is 10.2 Å². The van der Waals surface area contributed by atoms with Gasteiger partial charge >= 0.3 is 0 Å². The molecule has 0 radical (unpaired) electrons. The summed E-state index contributed by atoms with van der Waals surface area (Å²) in [4.78, 5) is 14.9. The van der Waals surface area contributed by atoms with Gasteiger partial charge in [0, 0.05) is 19.1 Å². The van der Waals surface area contributed by atoms with Crippen LogP contribution in [0.5, 0.6) is 0 Å². The first-order valence-electron chi connectivity index (χ1n) is 7.74. The predicted octanol–water partition coefficient (Wildman–Crippen LogP) is 2.64. The summed E-state index contributed by atoms with van der Waals surface area (Å²) in [6, 6.07) is 11.0. The zero-order valence-corrected chi connectivity index (χ0v) is 13.5. The van der Waals surface area contributed by atoms with E-state index in [2.05, 4.69) is 34.5 Å². The SMILES string of the molecule is CNC1CCN(C(=O)C2(Cc3ccccc3)CC2)CC1.Cl. The first-order valence-corrected chi connectivity index (χ1v) is 7.74. The van der Waals surface area contributed by atoms with Crippen LogP contribution in [0.15, 0.2) is 30.3 Å². The van der Waals surface area contributed by atoms with E-state index < -0.39 is 0 Å². The van der Waals surface area contributed by atoms with Gasteiger partial charge in [-0.3, -0.25) is 4.79 Å². The molecule has 1 saturated carbocycles. The van der Waals surface area contributed by atoms with Gasteiger partial charge in [-0.15, -0.1) is 12.4 Å². The van der Waals surface area contributed by atoms with E-state index in [0.717, 1.165) is 45.2 Å². The average molecular weight is 309 g/mol. The number of hydrogen-bond acceptors (Lipinski definition) is 2. The molecule has 1 saturated heterocycles. The molecule has 1 aromatic carbocycles. The molecule has 2 fully saturated rings. The Hall–Kier alpha value is -1.06. The van der Waals surface area contributed by atoms with Crippen molar-refractivity contribution in [3.05, 3.63) is 35.9 Å². The molecule has 21 heavy (non-hydrogen) atoms. The molecule has 4 heteroatoms. The highest BCUT2D eigenvalue weighted by Crippen LogP contribution is 2.50. The van der Waals surface area contributed by atoms with Crippen molar-refractivity contribution in [3.63, 3.8) is 0 Å². The van der Waals surface area contributed by atoms with Crippen LogP contribution in [-0.4, -0.2) is 37.0 Å². The number of carbonyl (C=O) groups is 1. The molecule has 1 amide bonds. The third-order valence-corrected chi connectivity index (χ3v) is 4.88. The molecule has 0 spiro atoms. The molecule has 0 unspecified atom stereocenters. The lowest BCUT2D eigenvalue weighted by atomic mass is 9.93. The van der Waals surface area contributed by atoms with E-state index in [0.29, 0.717) is 11.9 Å². The maximum absolute atomic E-state index is 12.8. The third-order valence-electron chi connectivity index (χ3n) is 4.88. The Labute approximate surface area is 133 Å². The molecule has 0 bridgehead atoms. The standard InChI is InChI=1S/C17H24N2O.ClH/c1-18-15-7-11-19(12-8-15)16(20)17(9-10-17)13-14-5-3-2-4-6-14;/h2-6,15,18H,7-13H2,1H3;1H. The molecule has 1 aromatic rings. The minimum absolute atomic E-state index is 0. The molecule has 0 atom stereocenters. The van der Waals surface area contributed by atoms with Gasteiger partial charge in [-0.2, -0.15) is 0 Å². The molecule has 3 nitrogen and oxygen atoms in total. The molecule has 1 heterocycles. The lowest BCUT2D eigenvalue weighted by molar-refractivity contribution is -0.138. The molecule has 2 aliphatic rings.